The number of hydrogen-bond donors (Lipinski definition) is 2. The van der Waals surface area contributed by atoms with Crippen molar-refractivity contribution in [1.29, 1.82) is 0 Å². The summed E-state index contributed by atoms with van der Waals surface area (Å²) in [6.45, 7) is 7.08. The Morgan fingerprint density at radius 2 is 2.04 bits per heavy atom. The Morgan fingerprint density at radius 3 is 2.68 bits per heavy atom. The van der Waals surface area contributed by atoms with Crippen molar-refractivity contribution >= 4 is 23.3 Å². The maximum atomic E-state index is 12.9. The second-order valence-electron chi connectivity index (χ2n) is 6.34. The Labute approximate surface area is 152 Å². The van der Waals surface area contributed by atoms with Gasteiger partial charge in [0, 0.05) is 22.8 Å². The molecule has 1 aliphatic heterocycles. The first-order chi connectivity index (χ1) is 12.0. The van der Waals surface area contributed by atoms with Crippen molar-refractivity contribution in [1.82, 2.24) is 15.5 Å². The van der Waals surface area contributed by atoms with E-state index in [0.29, 0.717) is 13.1 Å². The largest absolute Gasteiger partial charge is 0.352 e. The highest BCUT2D eigenvalue weighted by Crippen LogP contribution is 2.28. The molecule has 3 amide bonds. The SMILES string of the molecule is Cc1cc(C(C)NC(=O)N2CCNC(=O)C2c2ccccc2)c(C)s1. The highest BCUT2D eigenvalue weighted by molar-refractivity contribution is 7.12. The minimum Gasteiger partial charge on any atom is -0.352 e. The van der Waals surface area contributed by atoms with E-state index in [0.717, 1.165) is 11.1 Å². The molecule has 0 aliphatic carbocycles. The number of nitrogens with one attached hydrogen (secondary N) is 2. The lowest BCUT2D eigenvalue weighted by Crippen LogP contribution is -2.55. The van der Waals surface area contributed by atoms with Crippen LogP contribution < -0.4 is 10.6 Å². The zero-order valence-corrected chi connectivity index (χ0v) is 15.5. The molecule has 3 rings (SSSR count). The number of hydrogen-bond acceptors (Lipinski definition) is 3. The Morgan fingerprint density at radius 1 is 1.32 bits per heavy atom. The molecule has 1 aromatic heterocycles. The average molecular weight is 357 g/mol. The molecule has 1 saturated heterocycles. The zero-order chi connectivity index (χ0) is 18.0. The van der Waals surface area contributed by atoms with Crippen LogP contribution in [0.4, 0.5) is 4.79 Å². The Kier molecular flexibility index (Phi) is 5.08. The summed E-state index contributed by atoms with van der Waals surface area (Å²) >= 11 is 1.73. The van der Waals surface area contributed by atoms with E-state index < -0.39 is 6.04 Å². The summed E-state index contributed by atoms with van der Waals surface area (Å²) in [5.41, 5.74) is 1.96. The standard InChI is InChI=1S/C19H23N3O2S/c1-12-11-16(14(3)25-12)13(2)21-19(24)22-10-9-20-18(23)17(22)15-7-5-4-6-8-15/h4-8,11,13,17H,9-10H2,1-3H3,(H,20,23)(H,21,24). The van der Waals surface area contributed by atoms with Crippen LogP contribution in [0.15, 0.2) is 36.4 Å². The normalized spacial score (nSPS) is 18.6. The lowest BCUT2D eigenvalue weighted by Gasteiger charge is -2.36. The first-order valence-corrected chi connectivity index (χ1v) is 9.25. The van der Waals surface area contributed by atoms with Gasteiger partial charge < -0.3 is 15.5 Å². The van der Waals surface area contributed by atoms with Crippen molar-refractivity contribution in [3.63, 3.8) is 0 Å². The van der Waals surface area contributed by atoms with Gasteiger partial charge in [0.1, 0.15) is 6.04 Å². The number of rotatable bonds is 3. The molecule has 0 saturated carbocycles. The van der Waals surface area contributed by atoms with E-state index in [9.17, 15) is 9.59 Å². The number of carbonyl (C=O) groups excluding carboxylic acids is 2. The van der Waals surface area contributed by atoms with Gasteiger partial charge in [0.05, 0.1) is 6.04 Å². The molecule has 2 N–H and O–H groups in total. The van der Waals surface area contributed by atoms with Gasteiger partial charge in [0.15, 0.2) is 0 Å². The van der Waals surface area contributed by atoms with E-state index in [1.54, 1.807) is 16.2 Å². The highest BCUT2D eigenvalue weighted by atomic mass is 32.1. The molecule has 2 aromatic rings. The van der Waals surface area contributed by atoms with Crippen molar-refractivity contribution in [3.05, 3.63) is 57.3 Å². The first-order valence-electron chi connectivity index (χ1n) is 8.44. The molecule has 2 heterocycles. The van der Waals surface area contributed by atoms with Crippen LogP contribution in [0.3, 0.4) is 0 Å². The molecule has 2 atom stereocenters. The zero-order valence-electron chi connectivity index (χ0n) is 14.7. The fourth-order valence-electron chi connectivity index (χ4n) is 3.28. The number of benzene rings is 1. The number of nitrogens with zero attached hydrogens (tertiary/aromatic N) is 1. The Hall–Kier alpha value is -2.34. The van der Waals surface area contributed by atoms with E-state index in [-0.39, 0.29) is 18.0 Å². The minimum atomic E-state index is -0.590. The molecule has 25 heavy (non-hydrogen) atoms. The number of urea groups is 1. The van der Waals surface area contributed by atoms with Gasteiger partial charge in [-0.15, -0.1) is 11.3 Å². The fraction of sp³-hybridized carbons (Fsp3) is 0.368. The number of carbonyl (C=O) groups is 2. The van der Waals surface area contributed by atoms with Gasteiger partial charge in [0.25, 0.3) is 0 Å². The van der Waals surface area contributed by atoms with Gasteiger partial charge in [-0.1, -0.05) is 30.3 Å². The third-order valence-corrected chi connectivity index (χ3v) is 5.46. The van der Waals surface area contributed by atoms with E-state index in [4.69, 9.17) is 0 Å². The van der Waals surface area contributed by atoms with Gasteiger partial charge in [0.2, 0.25) is 5.91 Å². The monoisotopic (exact) mass is 357 g/mol. The van der Waals surface area contributed by atoms with E-state index in [2.05, 4.69) is 30.5 Å². The summed E-state index contributed by atoms with van der Waals surface area (Å²) in [4.78, 5) is 29.3. The summed E-state index contributed by atoms with van der Waals surface area (Å²) in [5, 5.41) is 5.91. The number of amides is 3. The highest BCUT2D eigenvalue weighted by Gasteiger charge is 2.34. The molecule has 0 bridgehead atoms. The molecule has 0 radical (unpaired) electrons. The van der Waals surface area contributed by atoms with Crippen LogP contribution in [-0.2, 0) is 4.79 Å². The van der Waals surface area contributed by atoms with Gasteiger partial charge in [-0.05, 0) is 38.0 Å². The summed E-state index contributed by atoms with van der Waals surface area (Å²) in [5.74, 6) is -0.136. The second-order valence-corrected chi connectivity index (χ2v) is 7.80. The quantitative estimate of drug-likeness (QED) is 0.885. The molecule has 0 spiro atoms. The van der Waals surface area contributed by atoms with Crippen LogP contribution in [0, 0.1) is 13.8 Å². The molecule has 1 aliphatic rings. The van der Waals surface area contributed by atoms with Gasteiger partial charge >= 0.3 is 6.03 Å². The summed E-state index contributed by atoms with van der Waals surface area (Å²) in [6, 6.07) is 10.6. The predicted molar refractivity (Wildman–Crippen MR) is 99.6 cm³/mol. The van der Waals surface area contributed by atoms with E-state index >= 15 is 0 Å². The van der Waals surface area contributed by atoms with Crippen molar-refractivity contribution in [2.24, 2.45) is 0 Å². The van der Waals surface area contributed by atoms with Gasteiger partial charge in [-0.2, -0.15) is 0 Å². The Balaban J connectivity index is 1.79. The molecule has 5 nitrogen and oxygen atoms in total. The average Bonchev–Trinajstić information content (AvgIpc) is 2.93. The van der Waals surface area contributed by atoms with Gasteiger partial charge in [-0.3, -0.25) is 4.79 Å². The fourth-order valence-corrected chi connectivity index (χ4v) is 4.30. The van der Waals surface area contributed by atoms with Crippen LogP contribution in [0.25, 0.3) is 0 Å². The third kappa shape index (κ3) is 3.69. The summed E-state index contributed by atoms with van der Waals surface area (Å²) < 4.78 is 0. The Bertz CT molecular complexity index is 772. The maximum absolute atomic E-state index is 12.9. The third-order valence-electron chi connectivity index (χ3n) is 4.47. The molecule has 132 valence electrons. The van der Waals surface area contributed by atoms with Crippen LogP contribution in [0.5, 0.6) is 0 Å². The molecule has 1 aromatic carbocycles. The molecule has 2 unspecified atom stereocenters. The van der Waals surface area contributed by atoms with Crippen LogP contribution in [0.1, 0.15) is 39.9 Å². The lowest BCUT2D eigenvalue weighted by atomic mass is 10.0. The van der Waals surface area contributed by atoms with Crippen molar-refractivity contribution in [3.8, 4) is 0 Å². The number of aryl methyl sites for hydroxylation is 2. The number of thiophene rings is 1. The molecule has 6 heteroatoms. The number of piperazine rings is 1. The second kappa shape index (κ2) is 7.27. The molecular weight excluding hydrogens is 334 g/mol. The summed E-state index contributed by atoms with van der Waals surface area (Å²) in [6.07, 6.45) is 0. The smallest absolute Gasteiger partial charge is 0.318 e. The summed E-state index contributed by atoms with van der Waals surface area (Å²) in [7, 11) is 0. The maximum Gasteiger partial charge on any atom is 0.318 e. The van der Waals surface area contributed by atoms with E-state index in [1.807, 2.05) is 37.3 Å². The van der Waals surface area contributed by atoms with E-state index in [1.165, 1.54) is 9.75 Å². The van der Waals surface area contributed by atoms with Crippen molar-refractivity contribution in [2.45, 2.75) is 32.9 Å². The lowest BCUT2D eigenvalue weighted by molar-refractivity contribution is -0.127. The van der Waals surface area contributed by atoms with Crippen molar-refractivity contribution < 1.29 is 9.59 Å². The molecule has 1 fully saturated rings. The topological polar surface area (TPSA) is 61.4 Å². The van der Waals surface area contributed by atoms with Crippen LogP contribution >= 0.6 is 11.3 Å². The first kappa shape index (κ1) is 17.5. The minimum absolute atomic E-state index is 0.0983. The van der Waals surface area contributed by atoms with Gasteiger partial charge in [-0.25, -0.2) is 4.79 Å². The van der Waals surface area contributed by atoms with Crippen LogP contribution in [-0.4, -0.2) is 29.9 Å². The van der Waals surface area contributed by atoms with Crippen LogP contribution in [0.2, 0.25) is 0 Å². The molecular formula is C19H23N3O2S. The van der Waals surface area contributed by atoms with Crippen molar-refractivity contribution in [2.75, 3.05) is 13.1 Å². The predicted octanol–water partition coefficient (Wildman–Crippen LogP) is 3.31.